The summed E-state index contributed by atoms with van der Waals surface area (Å²) in [4.78, 5) is 30.4. The fraction of sp³-hybridized carbons (Fsp3) is 0.412. The fourth-order valence-corrected chi connectivity index (χ4v) is 2.78. The molecule has 0 saturated carbocycles. The highest BCUT2D eigenvalue weighted by Crippen LogP contribution is 2.09. The Morgan fingerprint density at radius 3 is 2.80 bits per heavy atom. The standard InChI is InChI=1S/C17H22N6O2/c1-22-8-5-13(6-9-22)20-16(24)12-23-11-14(10-19-23)21-17(25)15-4-2-3-7-18-15/h2-4,7,10-11,13H,5-6,8-9,12H2,1H3,(H,20,24)(H,21,25). The van der Waals surface area contributed by atoms with Crippen molar-refractivity contribution in [3.63, 3.8) is 0 Å². The topological polar surface area (TPSA) is 92.2 Å². The smallest absolute Gasteiger partial charge is 0.274 e. The van der Waals surface area contributed by atoms with E-state index in [0.29, 0.717) is 11.4 Å². The SMILES string of the molecule is CN1CCC(NC(=O)Cn2cc(NC(=O)c3ccccn3)cn2)CC1. The molecule has 2 amide bonds. The molecule has 0 spiro atoms. The van der Waals surface area contributed by atoms with Gasteiger partial charge in [-0.2, -0.15) is 5.10 Å². The maximum absolute atomic E-state index is 12.1. The molecular formula is C17H22N6O2. The third-order valence-electron chi connectivity index (χ3n) is 4.18. The van der Waals surface area contributed by atoms with Crippen molar-refractivity contribution in [3.05, 3.63) is 42.5 Å². The van der Waals surface area contributed by atoms with Gasteiger partial charge in [0.05, 0.1) is 11.9 Å². The van der Waals surface area contributed by atoms with Gasteiger partial charge in [0.25, 0.3) is 5.91 Å². The van der Waals surface area contributed by atoms with Crippen LogP contribution in [-0.4, -0.2) is 57.7 Å². The lowest BCUT2D eigenvalue weighted by molar-refractivity contribution is -0.122. The van der Waals surface area contributed by atoms with Gasteiger partial charge in [-0.05, 0) is 45.1 Å². The van der Waals surface area contributed by atoms with Gasteiger partial charge in [0.2, 0.25) is 5.91 Å². The molecule has 3 rings (SSSR count). The largest absolute Gasteiger partial charge is 0.352 e. The summed E-state index contributed by atoms with van der Waals surface area (Å²) < 4.78 is 1.51. The third-order valence-corrected chi connectivity index (χ3v) is 4.18. The van der Waals surface area contributed by atoms with E-state index in [2.05, 4.69) is 32.7 Å². The summed E-state index contributed by atoms with van der Waals surface area (Å²) >= 11 is 0. The monoisotopic (exact) mass is 342 g/mol. The second-order valence-electron chi connectivity index (χ2n) is 6.24. The number of pyridine rings is 1. The normalized spacial score (nSPS) is 15.7. The first-order valence-electron chi connectivity index (χ1n) is 8.33. The van der Waals surface area contributed by atoms with Gasteiger partial charge in [0.1, 0.15) is 12.2 Å². The van der Waals surface area contributed by atoms with Crippen LogP contribution in [-0.2, 0) is 11.3 Å². The minimum absolute atomic E-state index is 0.0692. The molecule has 0 unspecified atom stereocenters. The quantitative estimate of drug-likeness (QED) is 0.836. The number of rotatable bonds is 5. The lowest BCUT2D eigenvalue weighted by atomic mass is 10.1. The second-order valence-corrected chi connectivity index (χ2v) is 6.24. The van der Waals surface area contributed by atoms with Crippen LogP contribution in [0.3, 0.4) is 0 Å². The molecule has 8 heteroatoms. The Labute approximate surface area is 146 Å². The highest BCUT2D eigenvalue weighted by molar-refractivity contribution is 6.02. The number of likely N-dealkylation sites (tertiary alicyclic amines) is 1. The number of carbonyl (C=O) groups is 2. The van der Waals surface area contributed by atoms with E-state index in [0.717, 1.165) is 25.9 Å². The van der Waals surface area contributed by atoms with Crippen molar-refractivity contribution in [1.82, 2.24) is 25.0 Å². The van der Waals surface area contributed by atoms with Crippen molar-refractivity contribution in [1.29, 1.82) is 0 Å². The molecule has 0 aromatic carbocycles. The van der Waals surface area contributed by atoms with Crippen molar-refractivity contribution < 1.29 is 9.59 Å². The molecule has 1 fully saturated rings. The number of hydrogen-bond acceptors (Lipinski definition) is 5. The summed E-state index contributed by atoms with van der Waals surface area (Å²) in [6.07, 6.45) is 6.64. The van der Waals surface area contributed by atoms with E-state index in [9.17, 15) is 9.59 Å². The number of aromatic nitrogens is 3. The number of nitrogens with zero attached hydrogens (tertiary/aromatic N) is 4. The van der Waals surface area contributed by atoms with Crippen molar-refractivity contribution >= 4 is 17.5 Å². The molecule has 0 atom stereocenters. The van der Waals surface area contributed by atoms with Crippen LogP contribution in [0, 0.1) is 0 Å². The molecule has 0 aliphatic carbocycles. The Kier molecular flexibility index (Phi) is 5.39. The molecule has 3 heterocycles. The van der Waals surface area contributed by atoms with E-state index >= 15 is 0 Å². The minimum atomic E-state index is -0.309. The first kappa shape index (κ1) is 17.1. The summed E-state index contributed by atoms with van der Waals surface area (Å²) in [6.45, 7) is 2.12. The predicted molar refractivity (Wildman–Crippen MR) is 93.1 cm³/mol. The van der Waals surface area contributed by atoms with Gasteiger partial charge < -0.3 is 15.5 Å². The van der Waals surface area contributed by atoms with Gasteiger partial charge in [0, 0.05) is 18.4 Å². The number of anilines is 1. The number of piperidine rings is 1. The minimum Gasteiger partial charge on any atom is -0.352 e. The van der Waals surface area contributed by atoms with Crippen LogP contribution in [0.1, 0.15) is 23.3 Å². The molecule has 1 saturated heterocycles. The maximum Gasteiger partial charge on any atom is 0.274 e. The average molecular weight is 342 g/mol. The zero-order valence-corrected chi connectivity index (χ0v) is 14.2. The van der Waals surface area contributed by atoms with Gasteiger partial charge in [-0.3, -0.25) is 19.3 Å². The number of nitrogens with one attached hydrogen (secondary N) is 2. The van der Waals surface area contributed by atoms with Gasteiger partial charge in [-0.1, -0.05) is 6.07 Å². The van der Waals surface area contributed by atoms with Crippen LogP contribution in [0.25, 0.3) is 0 Å². The van der Waals surface area contributed by atoms with Crippen LogP contribution in [0.15, 0.2) is 36.8 Å². The molecule has 0 radical (unpaired) electrons. The Morgan fingerprint density at radius 2 is 2.08 bits per heavy atom. The highest BCUT2D eigenvalue weighted by atomic mass is 16.2. The molecule has 1 aliphatic heterocycles. The van der Waals surface area contributed by atoms with Gasteiger partial charge >= 0.3 is 0 Å². The summed E-state index contributed by atoms with van der Waals surface area (Å²) in [5.74, 6) is -0.379. The average Bonchev–Trinajstić information content (AvgIpc) is 3.04. The van der Waals surface area contributed by atoms with Crippen molar-refractivity contribution in [2.45, 2.75) is 25.4 Å². The molecule has 2 aromatic rings. The predicted octanol–water partition coefficient (Wildman–Crippen LogP) is 0.741. The fourth-order valence-electron chi connectivity index (χ4n) is 2.78. The van der Waals surface area contributed by atoms with E-state index < -0.39 is 0 Å². The lowest BCUT2D eigenvalue weighted by Crippen LogP contribution is -2.44. The van der Waals surface area contributed by atoms with E-state index in [4.69, 9.17) is 0 Å². The van der Waals surface area contributed by atoms with E-state index in [-0.39, 0.29) is 24.4 Å². The van der Waals surface area contributed by atoms with Crippen molar-refractivity contribution in [3.8, 4) is 0 Å². The highest BCUT2D eigenvalue weighted by Gasteiger charge is 2.18. The van der Waals surface area contributed by atoms with E-state index in [1.807, 2.05) is 0 Å². The Bertz CT molecular complexity index is 722. The Balaban J connectivity index is 1.49. The first-order chi connectivity index (χ1) is 12.1. The number of hydrogen-bond donors (Lipinski definition) is 2. The molecular weight excluding hydrogens is 320 g/mol. The maximum atomic E-state index is 12.1. The van der Waals surface area contributed by atoms with E-state index in [1.165, 1.54) is 10.9 Å². The third kappa shape index (κ3) is 4.87. The molecule has 2 N–H and O–H groups in total. The summed E-state index contributed by atoms with van der Waals surface area (Å²) in [6, 6.07) is 5.35. The van der Waals surface area contributed by atoms with Crippen LogP contribution in [0.4, 0.5) is 5.69 Å². The van der Waals surface area contributed by atoms with Crippen LogP contribution in [0.2, 0.25) is 0 Å². The van der Waals surface area contributed by atoms with Crippen molar-refractivity contribution in [2.75, 3.05) is 25.5 Å². The summed E-state index contributed by atoms with van der Waals surface area (Å²) in [5.41, 5.74) is 0.859. The molecule has 2 aromatic heterocycles. The first-order valence-corrected chi connectivity index (χ1v) is 8.33. The zero-order valence-electron chi connectivity index (χ0n) is 14.2. The number of carbonyl (C=O) groups excluding carboxylic acids is 2. The second kappa shape index (κ2) is 7.89. The summed E-state index contributed by atoms with van der Waals surface area (Å²) in [7, 11) is 2.09. The van der Waals surface area contributed by atoms with Crippen LogP contribution < -0.4 is 10.6 Å². The zero-order chi connectivity index (χ0) is 17.6. The molecule has 0 bridgehead atoms. The molecule has 132 valence electrons. The molecule has 8 nitrogen and oxygen atoms in total. The van der Waals surface area contributed by atoms with Crippen LogP contribution in [0.5, 0.6) is 0 Å². The van der Waals surface area contributed by atoms with Crippen molar-refractivity contribution in [2.24, 2.45) is 0 Å². The van der Waals surface area contributed by atoms with E-state index in [1.54, 1.807) is 30.6 Å². The molecule has 1 aliphatic rings. The summed E-state index contributed by atoms with van der Waals surface area (Å²) in [5, 5.41) is 9.88. The van der Waals surface area contributed by atoms with Gasteiger partial charge in [0.15, 0.2) is 0 Å². The van der Waals surface area contributed by atoms with Gasteiger partial charge in [-0.25, -0.2) is 0 Å². The Morgan fingerprint density at radius 1 is 1.28 bits per heavy atom. The van der Waals surface area contributed by atoms with Gasteiger partial charge in [-0.15, -0.1) is 0 Å². The lowest BCUT2D eigenvalue weighted by Gasteiger charge is -2.29. The molecule has 25 heavy (non-hydrogen) atoms. The Hall–Kier alpha value is -2.74. The number of amides is 2. The van der Waals surface area contributed by atoms with Crippen LogP contribution >= 0.6 is 0 Å².